The van der Waals surface area contributed by atoms with Crippen LogP contribution in [0.3, 0.4) is 0 Å². The summed E-state index contributed by atoms with van der Waals surface area (Å²) in [5.74, 6) is 0.330. The maximum atomic E-state index is 11.1. The van der Waals surface area contributed by atoms with Gasteiger partial charge >= 0.3 is 5.97 Å². The number of aryl methyl sites for hydroxylation is 1. The normalized spacial score (nSPS) is 13.0. The lowest BCUT2D eigenvalue weighted by molar-refractivity contribution is -0.135. The number of hydrogen-bond acceptors (Lipinski definition) is 6. The third kappa shape index (κ3) is 2.88. The van der Waals surface area contributed by atoms with Crippen molar-refractivity contribution in [2.45, 2.75) is 19.3 Å². The van der Waals surface area contributed by atoms with Crippen LogP contribution in [0.1, 0.15) is 17.7 Å². The first-order chi connectivity index (χ1) is 12.1. The molecule has 1 aliphatic carbocycles. The Morgan fingerprint density at radius 2 is 2.12 bits per heavy atom. The molecule has 3 heterocycles. The van der Waals surface area contributed by atoms with Gasteiger partial charge in [-0.1, -0.05) is 0 Å². The minimum Gasteiger partial charge on any atom is -0.480 e. The number of likely N-dealkylation sites (N-methyl/N-ethyl adjacent to an activating group) is 1. The molecule has 0 bridgehead atoms. The Morgan fingerprint density at radius 3 is 2.96 bits per heavy atom. The Hall–Kier alpha value is -3.09. The van der Waals surface area contributed by atoms with Gasteiger partial charge in [0.25, 0.3) is 0 Å². The molecule has 3 aromatic heterocycles. The lowest BCUT2D eigenvalue weighted by Crippen LogP contribution is -2.27. The van der Waals surface area contributed by atoms with E-state index in [1.54, 1.807) is 30.5 Å². The van der Waals surface area contributed by atoms with Crippen LogP contribution in [0.15, 0.2) is 30.7 Å². The second-order valence-electron chi connectivity index (χ2n) is 6.19. The van der Waals surface area contributed by atoms with Crippen molar-refractivity contribution >= 4 is 22.6 Å². The molecule has 3 aromatic rings. The lowest BCUT2D eigenvalue weighted by Gasteiger charge is -2.19. The van der Waals surface area contributed by atoms with Crippen LogP contribution in [0, 0.1) is 0 Å². The zero-order valence-corrected chi connectivity index (χ0v) is 13.8. The van der Waals surface area contributed by atoms with Gasteiger partial charge in [0.05, 0.1) is 0 Å². The maximum absolute atomic E-state index is 11.1. The smallest absolute Gasteiger partial charge is 0.323 e. The van der Waals surface area contributed by atoms with Crippen LogP contribution < -0.4 is 4.90 Å². The predicted octanol–water partition coefficient (Wildman–Crippen LogP) is 2.10. The van der Waals surface area contributed by atoms with Gasteiger partial charge in [-0.15, -0.1) is 0 Å². The summed E-state index contributed by atoms with van der Waals surface area (Å²) in [6.07, 6.45) is 8.07. The fourth-order valence-corrected chi connectivity index (χ4v) is 3.22. The van der Waals surface area contributed by atoms with Crippen LogP contribution in [-0.4, -0.2) is 44.6 Å². The molecule has 0 aliphatic heterocycles. The van der Waals surface area contributed by atoms with Crippen molar-refractivity contribution < 1.29 is 9.90 Å². The molecular weight excluding hydrogens is 318 g/mol. The van der Waals surface area contributed by atoms with E-state index in [1.165, 1.54) is 0 Å². The van der Waals surface area contributed by atoms with Crippen molar-refractivity contribution in [3.8, 4) is 11.5 Å². The number of nitrogens with zero attached hydrogens (tertiary/aromatic N) is 5. The average Bonchev–Trinajstić information content (AvgIpc) is 3.08. The summed E-state index contributed by atoms with van der Waals surface area (Å²) in [6.45, 7) is -0.0992. The number of aromatic nitrogens is 4. The van der Waals surface area contributed by atoms with Gasteiger partial charge < -0.3 is 10.0 Å². The molecule has 7 nitrogen and oxygen atoms in total. The molecule has 0 atom stereocenters. The first-order valence-corrected chi connectivity index (χ1v) is 8.14. The number of carbonyl (C=O) groups is 1. The summed E-state index contributed by atoms with van der Waals surface area (Å²) in [6, 6.07) is 3.82. The highest BCUT2D eigenvalue weighted by Crippen LogP contribution is 2.31. The number of hydrogen-bond donors (Lipinski definition) is 1. The number of aliphatic carboxylic acids is 1. The van der Waals surface area contributed by atoms with Crippen LogP contribution in [0.5, 0.6) is 0 Å². The second kappa shape index (κ2) is 6.08. The zero-order valence-electron chi connectivity index (χ0n) is 13.8. The Kier molecular flexibility index (Phi) is 3.76. The quantitative estimate of drug-likeness (QED) is 0.780. The third-order valence-corrected chi connectivity index (χ3v) is 4.40. The van der Waals surface area contributed by atoms with E-state index in [-0.39, 0.29) is 6.54 Å². The zero-order chi connectivity index (χ0) is 17.4. The van der Waals surface area contributed by atoms with Crippen LogP contribution in [0.2, 0.25) is 0 Å². The molecule has 1 N–H and O–H groups in total. The fourth-order valence-electron chi connectivity index (χ4n) is 3.22. The van der Waals surface area contributed by atoms with Crippen molar-refractivity contribution in [2.75, 3.05) is 18.5 Å². The Labute approximate surface area is 144 Å². The summed E-state index contributed by atoms with van der Waals surface area (Å²) in [5.41, 5.74) is 2.71. The Morgan fingerprint density at radius 1 is 1.24 bits per heavy atom. The molecule has 25 heavy (non-hydrogen) atoms. The number of carboxylic acids is 1. The highest BCUT2D eigenvalue weighted by Gasteiger charge is 2.23. The molecule has 1 aliphatic rings. The molecule has 0 saturated heterocycles. The molecule has 0 fully saturated rings. The molecule has 126 valence electrons. The standard InChI is InChI=1S/C18H17N5O2/c1-23(10-16(24)25)18-13-3-2-4-14(13)21-17(22-18)15-7-12-8-19-6-5-11(12)9-20-15/h5-9H,2-4,10H2,1H3,(H,24,25). The summed E-state index contributed by atoms with van der Waals surface area (Å²) in [4.78, 5) is 30.7. The number of rotatable bonds is 4. The van der Waals surface area contributed by atoms with E-state index in [2.05, 4.69) is 19.9 Å². The van der Waals surface area contributed by atoms with Crippen molar-refractivity contribution in [3.05, 3.63) is 42.0 Å². The minimum atomic E-state index is -0.885. The van der Waals surface area contributed by atoms with Crippen LogP contribution >= 0.6 is 0 Å². The fraction of sp³-hybridized carbons (Fsp3) is 0.278. The molecule has 0 spiro atoms. The van der Waals surface area contributed by atoms with Gasteiger partial charge in [0.2, 0.25) is 0 Å². The molecule has 0 saturated carbocycles. The number of fused-ring (bicyclic) bond motifs is 2. The third-order valence-electron chi connectivity index (χ3n) is 4.40. The molecule has 4 rings (SSSR count). The molecule has 0 amide bonds. The molecule has 0 radical (unpaired) electrons. The molecular formula is C18H17N5O2. The van der Waals surface area contributed by atoms with Crippen LogP contribution in [-0.2, 0) is 17.6 Å². The van der Waals surface area contributed by atoms with Gasteiger partial charge in [-0.2, -0.15) is 0 Å². The van der Waals surface area contributed by atoms with Crippen molar-refractivity contribution in [1.29, 1.82) is 0 Å². The van der Waals surface area contributed by atoms with E-state index in [4.69, 9.17) is 5.11 Å². The van der Waals surface area contributed by atoms with E-state index in [9.17, 15) is 4.79 Å². The lowest BCUT2D eigenvalue weighted by atomic mass is 10.2. The van der Waals surface area contributed by atoms with Crippen molar-refractivity contribution in [1.82, 2.24) is 19.9 Å². The predicted molar refractivity (Wildman–Crippen MR) is 93.5 cm³/mol. The molecule has 7 heteroatoms. The maximum Gasteiger partial charge on any atom is 0.323 e. The van der Waals surface area contributed by atoms with Gasteiger partial charge in [0.1, 0.15) is 18.1 Å². The highest BCUT2D eigenvalue weighted by molar-refractivity contribution is 5.83. The Balaban J connectivity index is 1.82. The van der Waals surface area contributed by atoms with E-state index in [0.717, 1.165) is 41.3 Å². The topological polar surface area (TPSA) is 92.1 Å². The number of anilines is 1. The summed E-state index contributed by atoms with van der Waals surface area (Å²) in [7, 11) is 1.75. The van der Waals surface area contributed by atoms with E-state index in [0.29, 0.717) is 17.3 Å². The summed E-state index contributed by atoms with van der Waals surface area (Å²) in [5, 5.41) is 11.1. The van der Waals surface area contributed by atoms with Gasteiger partial charge in [-0.3, -0.25) is 14.8 Å². The van der Waals surface area contributed by atoms with Gasteiger partial charge in [-0.05, 0) is 31.4 Å². The average molecular weight is 335 g/mol. The van der Waals surface area contributed by atoms with Crippen LogP contribution in [0.25, 0.3) is 22.3 Å². The first kappa shape index (κ1) is 15.4. The van der Waals surface area contributed by atoms with E-state index in [1.807, 2.05) is 12.1 Å². The van der Waals surface area contributed by atoms with Gasteiger partial charge in [0, 0.05) is 47.7 Å². The van der Waals surface area contributed by atoms with E-state index < -0.39 is 5.97 Å². The molecule has 0 aromatic carbocycles. The number of pyridine rings is 2. The SMILES string of the molecule is CN(CC(=O)O)c1nc(-c2cc3cnccc3cn2)nc2c1CCC2. The highest BCUT2D eigenvalue weighted by atomic mass is 16.4. The summed E-state index contributed by atoms with van der Waals surface area (Å²) < 4.78 is 0. The number of carboxylic acid groups (broad SMARTS) is 1. The minimum absolute atomic E-state index is 0.0992. The largest absolute Gasteiger partial charge is 0.480 e. The molecule has 0 unspecified atom stereocenters. The van der Waals surface area contributed by atoms with Gasteiger partial charge in [0.15, 0.2) is 5.82 Å². The van der Waals surface area contributed by atoms with E-state index >= 15 is 0 Å². The van der Waals surface area contributed by atoms with Gasteiger partial charge in [-0.25, -0.2) is 9.97 Å². The Bertz CT molecular complexity index is 973. The second-order valence-corrected chi connectivity index (χ2v) is 6.19. The summed E-state index contributed by atoms with van der Waals surface area (Å²) >= 11 is 0. The van der Waals surface area contributed by atoms with Crippen molar-refractivity contribution in [3.63, 3.8) is 0 Å². The first-order valence-electron chi connectivity index (χ1n) is 8.14. The van der Waals surface area contributed by atoms with Crippen molar-refractivity contribution in [2.24, 2.45) is 0 Å². The van der Waals surface area contributed by atoms with Crippen LogP contribution in [0.4, 0.5) is 5.82 Å². The monoisotopic (exact) mass is 335 g/mol.